The lowest BCUT2D eigenvalue weighted by molar-refractivity contribution is -0.149. The van der Waals surface area contributed by atoms with Crippen molar-refractivity contribution in [1.82, 2.24) is 4.90 Å². The molecule has 116 valence electrons. The predicted molar refractivity (Wildman–Crippen MR) is 88.3 cm³/mol. The van der Waals surface area contributed by atoms with E-state index >= 15 is 0 Å². The van der Waals surface area contributed by atoms with Crippen LogP contribution in [0.15, 0.2) is 59.6 Å². The number of esters is 1. The maximum Gasteiger partial charge on any atom is 0.329 e. The van der Waals surface area contributed by atoms with Crippen LogP contribution in [-0.4, -0.2) is 22.7 Å². The van der Waals surface area contributed by atoms with Crippen LogP contribution < -0.4 is 0 Å². The average molecular weight is 306 g/mol. The van der Waals surface area contributed by atoms with Crippen molar-refractivity contribution in [3.63, 3.8) is 0 Å². The number of carbonyl (C=O) groups excluding carboxylic acids is 1. The van der Waals surface area contributed by atoms with E-state index in [2.05, 4.69) is 11.0 Å². The number of amidine groups is 1. The van der Waals surface area contributed by atoms with Crippen LogP contribution in [0.2, 0.25) is 0 Å². The summed E-state index contributed by atoms with van der Waals surface area (Å²) in [6.07, 6.45) is 1.61. The van der Waals surface area contributed by atoms with E-state index in [4.69, 9.17) is 9.73 Å². The molecule has 0 aromatic heterocycles. The number of rotatable bonds is 3. The van der Waals surface area contributed by atoms with Crippen molar-refractivity contribution in [2.24, 2.45) is 4.99 Å². The second kappa shape index (κ2) is 5.88. The second-order valence-corrected chi connectivity index (χ2v) is 5.93. The SMILES string of the molecule is O=C(OCc1ccccc1)[C@@H]1CCC2=Nc3ccccc3CN21. The minimum absolute atomic E-state index is 0.154. The van der Waals surface area contributed by atoms with Gasteiger partial charge in [-0.2, -0.15) is 0 Å². The van der Waals surface area contributed by atoms with Crippen molar-refractivity contribution in [3.05, 3.63) is 65.7 Å². The lowest BCUT2D eigenvalue weighted by Crippen LogP contribution is -2.40. The van der Waals surface area contributed by atoms with Gasteiger partial charge in [-0.1, -0.05) is 48.5 Å². The lowest BCUT2D eigenvalue weighted by Gasteiger charge is -2.29. The molecule has 2 aromatic carbocycles. The third kappa shape index (κ3) is 2.72. The Morgan fingerprint density at radius 2 is 1.91 bits per heavy atom. The molecule has 0 saturated carbocycles. The summed E-state index contributed by atoms with van der Waals surface area (Å²) in [5, 5.41) is 0. The van der Waals surface area contributed by atoms with Crippen LogP contribution in [0.1, 0.15) is 24.0 Å². The standard InChI is InChI=1S/C19H18N2O2/c22-19(23-13-14-6-2-1-3-7-14)17-10-11-18-20-16-9-5-4-8-15(16)12-21(17)18/h1-9,17H,10-13H2/t17-/m0/s1. The van der Waals surface area contributed by atoms with Crippen molar-refractivity contribution < 1.29 is 9.53 Å². The van der Waals surface area contributed by atoms with Crippen LogP contribution in [0.4, 0.5) is 5.69 Å². The maximum absolute atomic E-state index is 12.5. The number of hydrogen-bond acceptors (Lipinski definition) is 4. The largest absolute Gasteiger partial charge is 0.459 e. The summed E-state index contributed by atoms with van der Waals surface area (Å²) < 4.78 is 5.51. The van der Waals surface area contributed by atoms with Gasteiger partial charge >= 0.3 is 5.97 Å². The molecule has 0 N–H and O–H groups in total. The highest BCUT2D eigenvalue weighted by Crippen LogP contribution is 2.33. The molecule has 0 amide bonds. The zero-order valence-corrected chi connectivity index (χ0v) is 12.8. The van der Waals surface area contributed by atoms with Gasteiger partial charge in [0.15, 0.2) is 0 Å². The fraction of sp³-hybridized carbons (Fsp3) is 0.263. The summed E-state index contributed by atoms with van der Waals surface area (Å²) >= 11 is 0. The third-order valence-electron chi connectivity index (χ3n) is 4.43. The average Bonchev–Trinajstić information content (AvgIpc) is 3.01. The Labute approximate surface area is 135 Å². The van der Waals surface area contributed by atoms with Crippen LogP contribution in [0, 0.1) is 0 Å². The van der Waals surface area contributed by atoms with Crippen molar-refractivity contribution >= 4 is 17.5 Å². The Morgan fingerprint density at radius 3 is 2.78 bits per heavy atom. The highest BCUT2D eigenvalue weighted by Gasteiger charge is 2.37. The van der Waals surface area contributed by atoms with Crippen LogP contribution >= 0.6 is 0 Å². The number of aliphatic imine (C=N–C) groups is 1. The smallest absolute Gasteiger partial charge is 0.329 e. The van der Waals surface area contributed by atoms with Gasteiger partial charge in [0, 0.05) is 13.0 Å². The molecular weight excluding hydrogens is 288 g/mol. The highest BCUT2D eigenvalue weighted by molar-refractivity contribution is 5.94. The summed E-state index contributed by atoms with van der Waals surface area (Å²) in [4.78, 5) is 19.3. The number of fused-ring (bicyclic) bond motifs is 2. The van der Waals surface area contributed by atoms with Gasteiger partial charge in [0.2, 0.25) is 0 Å². The molecule has 4 nitrogen and oxygen atoms in total. The summed E-state index contributed by atoms with van der Waals surface area (Å²) in [5.41, 5.74) is 3.20. The van der Waals surface area contributed by atoms with E-state index in [0.717, 1.165) is 36.5 Å². The summed E-state index contributed by atoms with van der Waals surface area (Å²) in [6, 6.07) is 17.7. The molecule has 4 heteroatoms. The molecule has 0 radical (unpaired) electrons. The Hall–Kier alpha value is -2.62. The summed E-state index contributed by atoms with van der Waals surface area (Å²) in [7, 11) is 0. The first-order chi connectivity index (χ1) is 11.3. The fourth-order valence-electron chi connectivity index (χ4n) is 3.21. The van der Waals surface area contributed by atoms with Crippen molar-refractivity contribution in [2.75, 3.05) is 0 Å². The minimum Gasteiger partial charge on any atom is -0.459 e. The molecule has 0 bridgehead atoms. The Bertz CT molecular complexity index is 755. The number of carbonyl (C=O) groups is 1. The molecule has 0 unspecified atom stereocenters. The number of nitrogens with zero attached hydrogens (tertiary/aromatic N) is 2. The molecule has 1 fully saturated rings. The zero-order valence-electron chi connectivity index (χ0n) is 12.8. The van der Waals surface area contributed by atoms with Gasteiger partial charge < -0.3 is 9.64 Å². The molecule has 1 saturated heterocycles. The predicted octanol–water partition coefficient (Wildman–Crippen LogP) is 3.44. The van der Waals surface area contributed by atoms with Crippen molar-refractivity contribution in [1.29, 1.82) is 0 Å². The van der Waals surface area contributed by atoms with Gasteiger partial charge in [-0.3, -0.25) is 0 Å². The van der Waals surface area contributed by atoms with Gasteiger partial charge in [0.25, 0.3) is 0 Å². The molecule has 1 atom stereocenters. The van der Waals surface area contributed by atoms with Crippen molar-refractivity contribution in [2.45, 2.75) is 32.0 Å². The maximum atomic E-state index is 12.5. The van der Waals surface area contributed by atoms with Crippen LogP contribution in [0.5, 0.6) is 0 Å². The monoisotopic (exact) mass is 306 g/mol. The van der Waals surface area contributed by atoms with Gasteiger partial charge in [-0.25, -0.2) is 9.79 Å². The molecule has 23 heavy (non-hydrogen) atoms. The third-order valence-corrected chi connectivity index (χ3v) is 4.43. The molecule has 2 aromatic rings. The highest BCUT2D eigenvalue weighted by atomic mass is 16.5. The Balaban J connectivity index is 1.46. The minimum atomic E-state index is -0.217. The topological polar surface area (TPSA) is 41.9 Å². The van der Waals surface area contributed by atoms with E-state index in [1.165, 1.54) is 5.56 Å². The number of hydrogen-bond donors (Lipinski definition) is 0. The normalized spacial score (nSPS) is 18.9. The van der Waals surface area contributed by atoms with Crippen molar-refractivity contribution in [3.8, 4) is 0 Å². The van der Waals surface area contributed by atoms with E-state index in [9.17, 15) is 4.79 Å². The molecule has 2 aliphatic rings. The van der Waals surface area contributed by atoms with Crippen LogP contribution in [0.25, 0.3) is 0 Å². The van der Waals surface area contributed by atoms with Gasteiger partial charge in [-0.15, -0.1) is 0 Å². The van der Waals surface area contributed by atoms with Gasteiger partial charge in [0.1, 0.15) is 18.5 Å². The summed E-state index contributed by atoms with van der Waals surface area (Å²) in [5.74, 6) is 0.851. The van der Waals surface area contributed by atoms with E-state index in [1.807, 2.05) is 48.5 Å². The number of ether oxygens (including phenoxy) is 1. The molecule has 0 spiro atoms. The zero-order chi connectivity index (χ0) is 15.6. The van der Waals surface area contributed by atoms with Crippen LogP contribution in [-0.2, 0) is 22.7 Å². The first-order valence-electron chi connectivity index (χ1n) is 7.94. The van der Waals surface area contributed by atoms with Crippen LogP contribution in [0.3, 0.4) is 0 Å². The van der Waals surface area contributed by atoms with E-state index in [1.54, 1.807) is 0 Å². The molecule has 2 aliphatic heterocycles. The van der Waals surface area contributed by atoms with Gasteiger partial charge in [-0.05, 0) is 23.6 Å². The molecular formula is C19H18N2O2. The first kappa shape index (κ1) is 14.0. The Morgan fingerprint density at radius 1 is 1.13 bits per heavy atom. The molecule has 4 rings (SSSR count). The number of benzene rings is 2. The lowest BCUT2D eigenvalue weighted by atomic mass is 10.1. The Kier molecular flexibility index (Phi) is 3.58. The second-order valence-electron chi connectivity index (χ2n) is 5.93. The van der Waals surface area contributed by atoms with E-state index in [-0.39, 0.29) is 12.0 Å². The van der Waals surface area contributed by atoms with E-state index < -0.39 is 0 Å². The first-order valence-corrected chi connectivity index (χ1v) is 7.94. The summed E-state index contributed by atoms with van der Waals surface area (Å²) in [6.45, 7) is 1.06. The quantitative estimate of drug-likeness (QED) is 0.816. The molecule has 2 heterocycles. The van der Waals surface area contributed by atoms with Gasteiger partial charge in [0.05, 0.1) is 5.69 Å². The molecule has 0 aliphatic carbocycles. The number of para-hydroxylation sites is 1. The fourth-order valence-corrected chi connectivity index (χ4v) is 3.21. The van der Waals surface area contributed by atoms with E-state index in [0.29, 0.717) is 6.61 Å².